The average molecular weight is 245 g/mol. The number of nitrogens with two attached hydrogens (primary N) is 1. The van der Waals surface area contributed by atoms with E-state index in [4.69, 9.17) is 5.73 Å². The molecule has 1 fully saturated rings. The molecule has 0 atom stereocenters. The van der Waals surface area contributed by atoms with Gasteiger partial charge in [0.05, 0.1) is 0 Å². The fraction of sp³-hybridized carbons (Fsp3) is 0.647. The first kappa shape index (κ1) is 13.6. The van der Waals surface area contributed by atoms with Gasteiger partial charge in [-0.1, -0.05) is 38.1 Å². The zero-order chi connectivity index (χ0) is 13.0. The molecule has 0 aliphatic heterocycles. The molecule has 0 heterocycles. The molecule has 0 unspecified atom stereocenters. The Bertz CT molecular complexity index is 354. The minimum Gasteiger partial charge on any atom is -0.330 e. The van der Waals surface area contributed by atoms with Gasteiger partial charge in [-0.25, -0.2) is 0 Å². The van der Waals surface area contributed by atoms with Crippen LogP contribution in [0.4, 0.5) is 0 Å². The third-order valence-corrected chi connectivity index (χ3v) is 4.46. The maximum atomic E-state index is 5.55. The van der Waals surface area contributed by atoms with Gasteiger partial charge in [0.1, 0.15) is 0 Å². The Kier molecular flexibility index (Phi) is 4.45. The van der Waals surface area contributed by atoms with Crippen LogP contribution in [-0.4, -0.2) is 6.54 Å². The summed E-state index contributed by atoms with van der Waals surface area (Å²) in [5.74, 6) is 0.793. The van der Waals surface area contributed by atoms with Crippen LogP contribution in [0.2, 0.25) is 0 Å². The molecule has 1 aliphatic rings. The Morgan fingerprint density at radius 2 is 1.72 bits per heavy atom. The summed E-state index contributed by atoms with van der Waals surface area (Å²) in [7, 11) is 0. The number of rotatable bonds is 4. The first-order valence-corrected chi connectivity index (χ1v) is 7.40. The van der Waals surface area contributed by atoms with Crippen LogP contribution in [0.1, 0.15) is 63.0 Å². The van der Waals surface area contributed by atoms with Crippen molar-refractivity contribution in [1.82, 2.24) is 0 Å². The highest BCUT2D eigenvalue weighted by Crippen LogP contribution is 2.42. The van der Waals surface area contributed by atoms with Crippen molar-refractivity contribution in [2.24, 2.45) is 11.1 Å². The fourth-order valence-electron chi connectivity index (χ4n) is 3.00. The molecule has 1 aromatic carbocycles. The zero-order valence-electron chi connectivity index (χ0n) is 11.9. The van der Waals surface area contributed by atoms with E-state index in [0.717, 1.165) is 25.3 Å². The first-order chi connectivity index (χ1) is 8.61. The highest BCUT2D eigenvalue weighted by atomic mass is 14.5. The molecule has 1 aromatic rings. The van der Waals surface area contributed by atoms with Crippen molar-refractivity contribution >= 4 is 0 Å². The maximum Gasteiger partial charge on any atom is -0.00741 e. The standard InChI is InChI=1S/C17H27N/c1-17(2)11-9-16(10-12-17)15-7-5-14(6-8-15)4-3-13-18/h5-8,16H,3-4,9-13,18H2,1-2H3. The van der Waals surface area contributed by atoms with Crippen molar-refractivity contribution in [2.75, 3.05) is 6.54 Å². The Morgan fingerprint density at radius 3 is 2.28 bits per heavy atom. The summed E-state index contributed by atoms with van der Waals surface area (Å²) in [5.41, 5.74) is 9.09. The van der Waals surface area contributed by atoms with Gasteiger partial charge < -0.3 is 5.73 Å². The molecular weight excluding hydrogens is 218 g/mol. The van der Waals surface area contributed by atoms with Crippen molar-refractivity contribution in [1.29, 1.82) is 0 Å². The summed E-state index contributed by atoms with van der Waals surface area (Å²) in [4.78, 5) is 0. The molecule has 1 heteroatoms. The van der Waals surface area contributed by atoms with Gasteiger partial charge in [0.15, 0.2) is 0 Å². The molecule has 0 aromatic heterocycles. The van der Waals surface area contributed by atoms with Gasteiger partial charge in [-0.15, -0.1) is 0 Å². The van der Waals surface area contributed by atoms with Crippen LogP contribution in [0.15, 0.2) is 24.3 Å². The lowest BCUT2D eigenvalue weighted by Gasteiger charge is -2.34. The van der Waals surface area contributed by atoms with Gasteiger partial charge >= 0.3 is 0 Å². The van der Waals surface area contributed by atoms with Crippen molar-refractivity contribution in [3.8, 4) is 0 Å². The van der Waals surface area contributed by atoms with Gasteiger partial charge in [0.25, 0.3) is 0 Å². The lowest BCUT2D eigenvalue weighted by Crippen LogP contribution is -2.20. The van der Waals surface area contributed by atoms with Crippen LogP contribution in [0.25, 0.3) is 0 Å². The quantitative estimate of drug-likeness (QED) is 0.842. The zero-order valence-corrected chi connectivity index (χ0v) is 11.9. The minimum absolute atomic E-state index is 0.567. The molecule has 18 heavy (non-hydrogen) atoms. The van der Waals surface area contributed by atoms with Crippen LogP contribution >= 0.6 is 0 Å². The first-order valence-electron chi connectivity index (χ1n) is 7.40. The number of hydrogen-bond acceptors (Lipinski definition) is 1. The molecule has 100 valence electrons. The fourth-order valence-corrected chi connectivity index (χ4v) is 3.00. The summed E-state index contributed by atoms with van der Waals surface area (Å²) in [5, 5.41) is 0. The highest BCUT2D eigenvalue weighted by molar-refractivity contribution is 5.26. The van der Waals surface area contributed by atoms with Crippen LogP contribution in [0, 0.1) is 5.41 Å². The van der Waals surface area contributed by atoms with Crippen molar-refractivity contribution in [3.05, 3.63) is 35.4 Å². The largest absolute Gasteiger partial charge is 0.330 e. The highest BCUT2D eigenvalue weighted by Gasteiger charge is 2.27. The summed E-state index contributed by atoms with van der Waals surface area (Å²) < 4.78 is 0. The minimum atomic E-state index is 0.567. The molecule has 0 saturated heterocycles. The molecule has 1 saturated carbocycles. The van der Waals surface area contributed by atoms with E-state index in [2.05, 4.69) is 38.1 Å². The Labute approximate surface area is 112 Å². The summed E-state index contributed by atoms with van der Waals surface area (Å²) >= 11 is 0. The second-order valence-corrected chi connectivity index (χ2v) is 6.57. The topological polar surface area (TPSA) is 26.0 Å². The van der Waals surface area contributed by atoms with Crippen LogP contribution < -0.4 is 5.73 Å². The van der Waals surface area contributed by atoms with Gasteiger partial charge in [0, 0.05) is 0 Å². The van der Waals surface area contributed by atoms with E-state index in [1.165, 1.54) is 31.2 Å². The normalized spacial score (nSPS) is 19.9. The van der Waals surface area contributed by atoms with Crippen LogP contribution in [-0.2, 0) is 6.42 Å². The summed E-state index contributed by atoms with van der Waals surface area (Å²) in [6.45, 7) is 5.59. The molecule has 1 aliphatic carbocycles. The van der Waals surface area contributed by atoms with E-state index >= 15 is 0 Å². The molecule has 0 amide bonds. The molecular formula is C17H27N. The summed E-state index contributed by atoms with van der Waals surface area (Å²) in [6, 6.07) is 9.28. The van der Waals surface area contributed by atoms with E-state index in [-0.39, 0.29) is 0 Å². The Morgan fingerprint density at radius 1 is 1.11 bits per heavy atom. The second kappa shape index (κ2) is 5.88. The molecule has 1 nitrogen and oxygen atoms in total. The van der Waals surface area contributed by atoms with E-state index in [0.29, 0.717) is 5.41 Å². The Hall–Kier alpha value is -0.820. The van der Waals surface area contributed by atoms with E-state index in [1.54, 1.807) is 5.56 Å². The van der Waals surface area contributed by atoms with Crippen molar-refractivity contribution < 1.29 is 0 Å². The smallest absolute Gasteiger partial charge is 0.00741 e. The lowest BCUT2D eigenvalue weighted by molar-refractivity contribution is 0.224. The summed E-state index contributed by atoms with van der Waals surface area (Å²) in [6.07, 6.45) is 7.66. The monoisotopic (exact) mass is 245 g/mol. The van der Waals surface area contributed by atoms with Crippen LogP contribution in [0.5, 0.6) is 0 Å². The molecule has 2 N–H and O–H groups in total. The van der Waals surface area contributed by atoms with Gasteiger partial charge in [-0.3, -0.25) is 0 Å². The third-order valence-electron chi connectivity index (χ3n) is 4.46. The molecule has 0 radical (unpaired) electrons. The Balaban J connectivity index is 1.94. The van der Waals surface area contributed by atoms with Crippen molar-refractivity contribution in [3.63, 3.8) is 0 Å². The van der Waals surface area contributed by atoms with Gasteiger partial charge in [-0.2, -0.15) is 0 Å². The third kappa shape index (κ3) is 3.58. The van der Waals surface area contributed by atoms with Crippen LogP contribution in [0.3, 0.4) is 0 Å². The molecule has 0 spiro atoms. The average Bonchev–Trinajstić information content (AvgIpc) is 2.37. The van der Waals surface area contributed by atoms with E-state index in [9.17, 15) is 0 Å². The van der Waals surface area contributed by atoms with E-state index in [1.807, 2.05) is 0 Å². The second-order valence-electron chi connectivity index (χ2n) is 6.57. The number of benzene rings is 1. The predicted molar refractivity (Wildman–Crippen MR) is 78.8 cm³/mol. The van der Waals surface area contributed by atoms with Gasteiger partial charge in [-0.05, 0) is 67.5 Å². The van der Waals surface area contributed by atoms with Gasteiger partial charge in [0.2, 0.25) is 0 Å². The predicted octanol–water partition coefficient (Wildman–Crippen LogP) is 4.26. The maximum absolute atomic E-state index is 5.55. The number of hydrogen-bond donors (Lipinski definition) is 1. The molecule has 2 rings (SSSR count). The van der Waals surface area contributed by atoms with Crippen molar-refractivity contribution in [2.45, 2.75) is 58.3 Å². The molecule has 0 bridgehead atoms. The lowest BCUT2D eigenvalue weighted by atomic mass is 9.71. The number of aryl methyl sites for hydroxylation is 1. The SMILES string of the molecule is CC1(C)CCC(c2ccc(CCCN)cc2)CC1. The van der Waals surface area contributed by atoms with E-state index < -0.39 is 0 Å².